The van der Waals surface area contributed by atoms with Crippen molar-refractivity contribution >= 4 is 12.4 Å². The van der Waals surface area contributed by atoms with Gasteiger partial charge in [-0.1, -0.05) is 12.1 Å². The molecular weight excluding hydrogens is 291 g/mol. The molecule has 1 N–H and O–H groups in total. The smallest absolute Gasteiger partial charge is 0.307 e. The van der Waals surface area contributed by atoms with Gasteiger partial charge < -0.3 is 5.32 Å². The monoisotopic (exact) mass is 303 g/mol. The molecular formula is C13H13ClF3N3. The molecule has 0 bridgehead atoms. The van der Waals surface area contributed by atoms with E-state index in [1.165, 1.54) is 12.1 Å². The molecule has 1 aromatic carbocycles. The molecule has 108 valence electrons. The van der Waals surface area contributed by atoms with Gasteiger partial charge in [0.1, 0.15) is 0 Å². The molecule has 0 fully saturated rings. The van der Waals surface area contributed by atoms with Crippen LogP contribution in [0.5, 0.6) is 0 Å². The number of hydrogen-bond donors (Lipinski definition) is 1. The molecule has 2 heterocycles. The lowest BCUT2D eigenvalue weighted by Crippen LogP contribution is -2.07. The molecule has 1 aliphatic heterocycles. The molecule has 20 heavy (non-hydrogen) atoms. The van der Waals surface area contributed by atoms with Crippen molar-refractivity contribution in [3.8, 4) is 11.3 Å². The Balaban J connectivity index is 0.00000147. The molecule has 1 aliphatic rings. The van der Waals surface area contributed by atoms with Gasteiger partial charge >= 0.3 is 6.18 Å². The number of alkyl halides is 3. The van der Waals surface area contributed by atoms with Gasteiger partial charge in [-0.2, -0.15) is 18.3 Å². The molecule has 3 nitrogen and oxygen atoms in total. The van der Waals surface area contributed by atoms with Crippen molar-refractivity contribution in [3.63, 3.8) is 0 Å². The largest absolute Gasteiger partial charge is 0.416 e. The van der Waals surface area contributed by atoms with Gasteiger partial charge in [-0.3, -0.25) is 4.68 Å². The van der Waals surface area contributed by atoms with Gasteiger partial charge in [0, 0.05) is 31.3 Å². The van der Waals surface area contributed by atoms with Crippen LogP contribution in [-0.4, -0.2) is 9.78 Å². The topological polar surface area (TPSA) is 29.9 Å². The molecule has 0 saturated heterocycles. The first-order valence-electron chi connectivity index (χ1n) is 5.90. The van der Waals surface area contributed by atoms with Crippen LogP contribution in [0.2, 0.25) is 0 Å². The summed E-state index contributed by atoms with van der Waals surface area (Å²) in [6, 6.07) is 5.21. The summed E-state index contributed by atoms with van der Waals surface area (Å²) in [6.07, 6.45) is -4.30. The van der Waals surface area contributed by atoms with Crippen molar-refractivity contribution in [2.45, 2.75) is 19.3 Å². The Morgan fingerprint density at radius 2 is 1.80 bits per heavy atom. The summed E-state index contributed by atoms with van der Waals surface area (Å²) >= 11 is 0. The fraction of sp³-hybridized carbons (Fsp3) is 0.308. The number of nitrogens with one attached hydrogen (secondary N) is 1. The van der Waals surface area contributed by atoms with E-state index in [0.717, 1.165) is 34.6 Å². The first kappa shape index (κ1) is 14.9. The number of halogens is 4. The molecule has 2 aromatic rings. The Hall–Kier alpha value is -1.53. The maximum absolute atomic E-state index is 12.5. The summed E-state index contributed by atoms with van der Waals surface area (Å²) in [5.41, 5.74) is 3.05. The van der Waals surface area contributed by atoms with Crippen molar-refractivity contribution in [2.75, 3.05) is 0 Å². The van der Waals surface area contributed by atoms with Crippen LogP contribution in [0.25, 0.3) is 11.3 Å². The van der Waals surface area contributed by atoms with Crippen LogP contribution in [0.1, 0.15) is 16.8 Å². The zero-order valence-corrected chi connectivity index (χ0v) is 11.5. The van der Waals surface area contributed by atoms with Crippen LogP contribution in [0.3, 0.4) is 0 Å². The van der Waals surface area contributed by atoms with Crippen molar-refractivity contribution in [1.29, 1.82) is 0 Å². The maximum Gasteiger partial charge on any atom is 0.416 e. The predicted molar refractivity (Wildman–Crippen MR) is 71.4 cm³/mol. The summed E-state index contributed by atoms with van der Waals surface area (Å²) in [4.78, 5) is 0. The van der Waals surface area contributed by atoms with Gasteiger partial charge in [0.2, 0.25) is 0 Å². The van der Waals surface area contributed by atoms with E-state index in [0.29, 0.717) is 13.1 Å². The predicted octanol–water partition coefficient (Wildman–Crippen LogP) is 3.13. The van der Waals surface area contributed by atoms with Gasteiger partial charge in [0.05, 0.1) is 17.0 Å². The second kappa shape index (κ2) is 5.10. The Morgan fingerprint density at radius 3 is 2.40 bits per heavy atom. The van der Waals surface area contributed by atoms with E-state index < -0.39 is 11.7 Å². The van der Waals surface area contributed by atoms with Crippen LogP contribution in [-0.2, 0) is 26.3 Å². The van der Waals surface area contributed by atoms with E-state index in [4.69, 9.17) is 0 Å². The molecule has 0 radical (unpaired) electrons. The quantitative estimate of drug-likeness (QED) is 0.877. The maximum atomic E-state index is 12.5. The fourth-order valence-electron chi connectivity index (χ4n) is 2.44. The number of nitrogens with zero attached hydrogens (tertiary/aromatic N) is 2. The average molecular weight is 304 g/mol. The molecule has 0 saturated carbocycles. The number of fused-ring (bicyclic) bond motifs is 1. The van der Waals surface area contributed by atoms with Gasteiger partial charge in [0.25, 0.3) is 0 Å². The normalized spacial score (nSPS) is 14.0. The number of aryl methyl sites for hydroxylation is 1. The van der Waals surface area contributed by atoms with Crippen molar-refractivity contribution in [3.05, 3.63) is 41.1 Å². The minimum Gasteiger partial charge on any atom is -0.307 e. The summed E-state index contributed by atoms with van der Waals surface area (Å²) in [6.45, 7) is 1.42. The van der Waals surface area contributed by atoms with E-state index in [2.05, 4.69) is 10.4 Å². The molecule has 7 heteroatoms. The third-order valence-electron chi connectivity index (χ3n) is 3.31. The van der Waals surface area contributed by atoms with Gasteiger partial charge in [-0.15, -0.1) is 12.4 Å². The van der Waals surface area contributed by atoms with E-state index in [1.54, 1.807) is 4.68 Å². The van der Waals surface area contributed by atoms with Crippen LogP contribution in [0.4, 0.5) is 13.2 Å². The number of benzene rings is 1. The highest BCUT2D eigenvalue weighted by Gasteiger charge is 2.30. The zero-order chi connectivity index (χ0) is 13.6. The SMILES string of the molecule is Cl.Cn1nc2c(c1-c1ccc(C(F)(F)F)cc1)CNC2. The van der Waals surface area contributed by atoms with Gasteiger partial charge in [0.15, 0.2) is 0 Å². The Bertz CT molecular complexity index is 617. The van der Waals surface area contributed by atoms with Gasteiger partial charge in [-0.05, 0) is 12.1 Å². The Kier molecular flexibility index (Phi) is 3.80. The van der Waals surface area contributed by atoms with Crippen LogP contribution in [0, 0.1) is 0 Å². The number of hydrogen-bond acceptors (Lipinski definition) is 2. The van der Waals surface area contributed by atoms with Gasteiger partial charge in [-0.25, -0.2) is 0 Å². The van der Waals surface area contributed by atoms with E-state index >= 15 is 0 Å². The van der Waals surface area contributed by atoms with Crippen LogP contribution >= 0.6 is 12.4 Å². The summed E-state index contributed by atoms with van der Waals surface area (Å²) < 4.78 is 39.3. The standard InChI is InChI=1S/C13H12F3N3.ClH/c1-19-12(10-6-17-7-11(10)18-19)8-2-4-9(5-3-8)13(14,15)16;/h2-5,17H,6-7H2,1H3;1H. The molecule has 0 amide bonds. The molecule has 1 aromatic heterocycles. The van der Waals surface area contributed by atoms with Crippen LogP contribution < -0.4 is 5.32 Å². The Morgan fingerprint density at radius 1 is 1.15 bits per heavy atom. The first-order chi connectivity index (χ1) is 8.97. The number of aromatic nitrogens is 2. The fourth-order valence-corrected chi connectivity index (χ4v) is 2.44. The number of rotatable bonds is 1. The first-order valence-corrected chi connectivity index (χ1v) is 5.90. The highest BCUT2D eigenvalue weighted by molar-refractivity contribution is 5.85. The third kappa shape index (κ3) is 2.41. The minimum absolute atomic E-state index is 0. The highest BCUT2D eigenvalue weighted by Crippen LogP contribution is 2.33. The summed E-state index contributed by atoms with van der Waals surface area (Å²) in [5, 5.41) is 7.56. The average Bonchev–Trinajstić information content (AvgIpc) is 2.87. The molecule has 0 aliphatic carbocycles. The third-order valence-corrected chi connectivity index (χ3v) is 3.31. The zero-order valence-electron chi connectivity index (χ0n) is 10.7. The summed E-state index contributed by atoms with van der Waals surface area (Å²) in [5.74, 6) is 0. The Labute approximate surface area is 120 Å². The van der Waals surface area contributed by atoms with E-state index in [1.807, 2.05) is 7.05 Å². The van der Waals surface area contributed by atoms with E-state index in [9.17, 15) is 13.2 Å². The minimum atomic E-state index is -4.30. The lowest BCUT2D eigenvalue weighted by atomic mass is 10.0. The molecule has 0 atom stereocenters. The highest BCUT2D eigenvalue weighted by atomic mass is 35.5. The molecule has 0 spiro atoms. The summed E-state index contributed by atoms with van der Waals surface area (Å²) in [7, 11) is 1.81. The second-order valence-electron chi connectivity index (χ2n) is 4.58. The van der Waals surface area contributed by atoms with E-state index in [-0.39, 0.29) is 12.4 Å². The van der Waals surface area contributed by atoms with Crippen LogP contribution in [0.15, 0.2) is 24.3 Å². The lowest BCUT2D eigenvalue weighted by molar-refractivity contribution is -0.137. The van der Waals surface area contributed by atoms with Crippen molar-refractivity contribution in [2.24, 2.45) is 7.05 Å². The van der Waals surface area contributed by atoms with Crippen molar-refractivity contribution < 1.29 is 13.2 Å². The second-order valence-corrected chi connectivity index (χ2v) is 4.58. The molecule has 3 rings (SSSR count). The molecule has 0 unspecified atom stereocenters. The lowest BCUT2D eigenvalue weighted by Gasteiger charge is -2.09. The van der Waals surface area contributed by atoms with Crippen molar-refractivity contribution in [1.82, 2.24) is 15.1 Å².